The number of phosphoric ester groups is 1. The summed E-state index contributed by atoms with van der Waals surface area (Å²) in [6.45, 7) is 3.97. The van der Waals surface area contributed by atoms with Crippen LogP contribution in [0.5, 0.6) is 0 Å². The number of esters is 2. The number of likely N-dealkylation sites (N-methyl/N-ethyl adjacent to an activating group) is 1. The number of rotatable bonds is 38. The van der Waals surface area contributed by atoms with Gasteiger partial charge in [-0.2, -0.15) is 0 Å². The molecule has 10 heteroatoms. The van der Waals surface area contributed by atoms with E-state index in [1.54, 1.807) is 0 Å². The maximum Gasteiger partial charge on any atom is 0.472 e. The highest BCUT2D eigenvalue weighted by Crippen LogP contribution is 2.43. The van der Waals surface area contributed by atoms with E-state index in [9.17, 15) is 19.0 Å². The Bertz CT molecular complexity index is 1550. The van der Waals surface area contributed by atoms with Crippen LogP contribution < -0.4 is 0 Å². The molecule has 0 rings (SSSR count). The molecule has 0 aliphatic carbocycles. The SMILES string of the molecule is CCC=CCC=CCC=CCC=CCC=CCC=CCCC(=O)OC[C@H](COP(=O)(O)OCC[N+](C)(C)C)OC(=O)CCC=CCC=CCC=CCC=CCC=CCC=CCC. The van der Waals surface area contributed by atoms with Crippen molar-refractivity contribution >= 4 is 19.8 Å². The Morgan fingerprint density at radius 2 is 0.806 bits per heavy atom. The van der Waals surface area contributed by atoms with Gasteiger partial charge in [0.05, 0.1) is 27.7 Å². The highest BCUT2D eigenvalue weighted by Gasteiger charge is 2.27. The van der Waals surface area contributed by atoms with Gasteiger partial charge in [-0.3, -0.25) is 18.6 Å². The monoisotopic (exact) mass is 879 g/mol. The fourth-order valence-corrected chi connectivity index (χ4v) is 5.69. The third kappa shape index (κ3) is 45.4. The summed E-state index contributed by atoms with van der Waals surface area (Å²) >= 11 is 0. The minimum absolute atomic E-state index is 0.00271. The van der Waals surface area contributed by atoms with E-state index < -0.39 is 32.5 Å². The first-order valence-corrected chi connectivity index (χ1v) is 24.1. The largest absolute Gasteiger partial charge is 0.472 e. The number of allylic oxidation sites excluding steroid dienone is 24. The van der Waals surface area contributed by atoms with Gasteiger partial charge in [0.25, 0.3) is 0 Å². The third-order valence-corrected chi connectivity index (χ3v) is 9.38. The highest BCUT2D eigenvalue weighted by atomic mass is 31.2. The number of ether oxygens (including phenoxy) is 2. The number of nitrogens with zero attached hydrogens (tertiary/aromatic N) is 1. The van der Waals surface area contributed by atoms with E-state index >= 15 is 0 Å². The van der Waals surface area contributed by atoms with E-state index in [0.717, 1.165) is 77.0 Å². The first-order chi connectivity index (χ1) is 30.0. The van der Waals surface area contributed by atoms with E-state index in [1.807, 2.05) is 45.4 Å². The van der Waals surface area contributed by atoms with Crippen LogP contribution >= 0.6 is 7.82 Å². The topological polar surface area (TPSA) is 108 Å². The average molecular weight is 879 g/mol. The first-order valence-electron chi connectivity index (χ1n) is 22.6. The molecule has 0 amide bonds. The van der Waals surface area contributed by atoms with Crippen molar-refractivity contribution in [1.29, 1.82) is 0 Å². The molecule has 2 atom stereocenters. The highest BCUT2D eigenvalue weighted by molar-refractivity contribution is 7.47. The summed E-state index contributed by atoms with van der Waals surface area (Å²) in [5, 5.41) is 0. The van der Waals surface area contributed by atoms with Crippen molar-refractivity contribution in [3.63, 3.8) is 0 Å². The Morgan fingerprint density at radius 1 is 0.484 bits per heavy atom. The molecule has 1 unspecified atom stereocenters. The molecular weight excluding hydrogens is 798 g/mol. The maximum absolute atomic E-state index is 12.7. The van der Waals surface area contributed by atoms with Gasteiger partial charge in [0.1, 0.15) is 19.8 Å². The van der Waals surface area contributed by atoms with E-state index in [-0.39, 0.29) is 26.1 Å². The van der Waals surface area contributed by atoms with Gasteiger partial charge in [-0.1, -0.05) is 160 Å². The summed E-state index contributed by atoms with van der Waals surface area (Å²) in [5.74, 6) is -1.01. The molecule has 1 N–H and O–H groups in total. The van der Waals surface area contributed by atoms with Crippen molar-refractivity contribution in [2.45, 2.75) is 123 Å². The minimum atomic E-state index is -4.43. The molecule has 0 aromatic heterocycles. The molecule has 0 fully saturated rings. The molecule has 0 aliphatic heterocycles. The molecule has 0 bridgehead atoms. The number of carbonyl (C=O) groups is 2. The van der Waals surface area contributed by atoms with Crippen LogP contribution in [-0.2, 0) is 32.7 Å². The zero-order valence-electron chi connectivity index (χ0n) is 38.8. The predicted molar refractivity (Wildman–Crippen MR) is 260 cm³/mol. The van der Waals surface area contributed by atoms with Gasteiger partial charge in [0.2, 0.25) is 0 Å². The Hall–Kier alpha value is -4.11. The molecule has 0 aromatic carbocycles. The zero-order chi connectivity index (χ0) is 45.7. The lowest BCUT2D eigenvalue weighted by atomic mass is 10.2. The molecule has 0 radical (unpaired) electrons. The van der Waals surface area contributed by atoms with Gasteiger partial charge in [-0.25, -0.2) is 4.57 Å². The van der Waals surface area contributed by atoms with E-state index in [4.69, 9.17) is 18.5 Å². The molecule has 62 heavy (non-hydrogen) atoms. The summed E-state index contributed by atoms with van der Waals surface area (Å²) in [6, 6.07) is 0. The van der Waals surface area contributed by atoms with Crippen LogP contribution in [0.4, 0.5) is 0 Å². The average Bonchev–Trinajstić information content (AvgIpc) is 3.23. The van der Waals surface area contributed by atoms with Crippen molar-refractivity contribution < 1.29 is 42.1 Å². The fraction of sp³-hybridized carbons (Fsp3) is 0.500. The van der Waals surface area contributed by atoms with Crippen molar-refractivity contribution in [1.82, 2.24) is 0 Å². The van der Waals surface area contributed by atoms with Crippen LogP contribution in [0.3, 0.4) is 0 Å². The third-order valence-electron chi connectivity index (χ3n) is 8.39. The summed E-state index contributed by atoms with van der Waals surface area (Å²) in [7, 11) is 1.36. The normalized spacial score (nSPS) is 14.9. The quantitative estimate of drug-likeness (QED) is 0.0283. The van der Waals surface area contributed by atoms with Crippen LogP contribution in [0, 0.1) is 0 Å². The second-order valence-corrected chi connectivity index (χ2v) is 16.8. The molecule has 9 nitrogen and oxygen atoms in total. The molecule has 0 saturated carbocycles. The first kappa shape index (κ1) is 57.9. The molecule has 346 valence electrons. The van der Waals surface area contributed by atoms with Crippen LogP contribution in [0.2, 0.25) is 0 Å². The number of hydrogen-bond acceptors (Lipinski definition) is 7. The molecule has 0 heterocycles. The van der Waals surface area contributed by atoms with Crippen LogP contribution in [0.1, 0.15) is 117 Å². The van der Waals surface area contributed by atoms with Gasteiger partial charge >= 0.3 is 19.8 Å². The van der Waals surface area contributed by atoms with Gasteiger partial charge in [0.15, 0.2) is 6.10 Å². The zero-order valence-corrected chi connectivity index (χ0v) is 39.7. The second kappa shape index (κ2) is 42.2. The van der Waals surface area contributed by atoms with Gasteiger partial charge in [0, 0.05) is 12.8 Å². The van der Waals surface area contributed by atoms with Crippen LogP contribution in [0.15, 0.2) is 146 Å². The second-order valence-electron chi connectivity index (χ2n) is 15.3. The lowest BCUT2D eigenvalue weighted by molar-refractivity contribution is -0.870. The molecule has 0 spiro atoms. The number of phosphoric acid groups is 1. The lowest BCUT2D eigenvalue weighted by Crippen LogP contribution is -2.37. The summed E-state index contributed by atoms with van der Waals surface area (Å²) in [6.07, 6.45) is 62.2. The molecule has 0 aliphatic rings. The number of carbonyl (C=O) groups excluding carboxylic acids is 2. The maximum atomic E-state index is 12.7. The van der Waals surface area contributed by atoms with Crippen molar-refractivity contribution in [3.8, 4) is 0 Å². The Kier molecular flexibility index (Phi) is 39.4. The summed E-state index contributed by atoms with van der Waals surface area (Å²) in [4.78, 5) is 35.3. The van der Waals surface area contributed by atoms with Crippen LogP contribution in [-0.4, -0.2) is 74.9 Å². The Balaban J connectivity index is 4.63. The van der Waals surface area contributed by atoms with E-state index in [1.165, 1.54) is 0 Å². The smallest absolute Gasteiger partial charge is 0.462 e. The van der Waals surface area contributed by atoms with Crippen molar-refractivity contribution in [2.75, 3.05) is 47.5 Å². The molecule has 0 aromatic rings. The van der Waals surface area contributed by atoms with Crippen LogP contribution in [0.25, 0.3) is 0 Å². The van der Waals surface area contributed by atoms with Gasteiger partial charge in [-0.05, 0) is 89.9 Å². The van der Waals surface area contributed by atoms with E-state index in [2.05, 4.69) is 135 Å². The standard InChI is InChI=1S/C52H80NO8P/c1-6-8-10-12-14-16-18-20-22-24-26-28-30-32-34-36-38-40-42-44-51(54)58-48-50(49-60-62(56,57)59-47-46-53(3,4)5)61-52(55)45-43-41-39-37-35-33-31-29-27-25-23-21-19-17-15-13-11-9-7-2/h8-11,14-17,20-23,26-29,32-35,38-41,50H,6-7,12-13,18-19,24-25,30-31,36-37,42-49H2,1-5H3/p+1/t50-/m1/s1. The lowest BCUT2D eigenvalue weighted by Gasteiger charge is -2.24. The van der Waals surface area contributed by atoms with Gasteiger partial charge in [-0.15, -0.1) is 0 Å². The minimum Gasteiger partial charge on any atom is -0.462 e. The Labute approximate surface area is 376 Å². The predicted octanol–water partition coefficient (Wildman–Crippen LogP) is 13.2. The van der Waals surface area contributed by atoms with Crippen molar-refractivity contribution in [3.05, 3.63) is 146 Å². The molecular formula is C52H81NO8P+. The number of hydrogen-bond donors (Lipinski definition) is 1. The summed E-state index contributed by atoms with van der Waals surface area (Å²) in [5.41, 5.74) is 0. The number of quaternary nitrogens is 1. The summed E-state index contributed by atoms with van der Waals surface area (Å²) < 4.78 is 34.1. The van der Waals surface area contributed by atoms with E-state index in [0.29, 0.717) is 23.9 Å². The Morgan fingerprint density at radius 3 is 1.15 bits per heavy atom. The fourth-order valence-electron chi connectivity index (χ4n) is 4.95. The molecule has 0 saturated heterocycles. The van der Waals surface area contributed by atoms with Gasteiger partial charge < -0.3 is 18.9 Å². The van der Waals surface area contributed by atoms with Crippen molar-refractivity contribution in [2.24, 2.45) is 0 Å².